The number of aryl methyl sites for hydroxylation is 1. The Morgan fingerprint density at radius 1 is 1.18 bits per heavy atom. The number of nitrogens with one attached hydrogen (secondary N) is 1. The fraction of sp³-hybridized carbons (Fsp3) is 0.368. The zero-order valence-electron chi connectivity index (χ0n) is 15.9. The molecule has 0 bridgehead atoms. The summed E-state index contributed by atoms with van der Waals surface area (Å²) < 4.78 is 27.0. The van der Waals surface area contributed by atoms with Gasteiger partial charge in [0.1, 0.15) is 5.82 Å². The van der Waals surface area contributed by atoms with Gasteiger partial charge in [0.15, 0.2) is 0 Å². The second-order valence-electron chi connectivity index (χ2n) is 6.59. The molecule has 0 atom stereocenters. The van der Waals surface area contributed by atoms with Gasteiger partial charge < -0.3 is 9.80 Å². The van der Waals surface area contributed by atoms with Gasteiger partial charge in [-0.3, -0.25) is 4.79 Å². The van der Waals surface area contributed by atoms with Gasteiger partial charge in [-0.2, -0.15) is 0 Å². The molecule has 1 fully saturated rings. The molecule has 9 heteroatoms. The van der Waals surface area contributed by atoms with Crippen LogP contribution in [0.5, 0.6) is 0 Å². The molecule has 0 unspecified atom stereocenters. The van der Waals surface area contributed by atoms with E-state index in [1.165, 1.54) is 12.1 Å². The molecule has 1 aromatic carbocycles. The standard InChI is InChI=1S/C19H23ClN4O3S/c1-3-22-28(26,27)16-6-4-14(2)17(12-16)19(25)24-10-8-23(9-11-24)18-7-5-15(20)13-21-18/h4-7,12-13,22H,3,8-11H2,1-2H3. The van der Waals surface area contributed by atoms with Crippen LogP contribution in [0.4, 0.5) is 5.82 Å². The molecule has 0 saturated carbocycles. The van der Waals surface area contributed by atoms with Gasteiger partial charge in [-0.15, -0.1) is 0 Å². The van der Waals surface area contributed by atoms with Crippen LogP contribution in [0.25, 0.3) is 0 Å². The van der Waals surface area contributed by atoms with Gasteiger partial charge >= 0.3 is 0 Å². The summed E-state index contributed by atoms with van der Waals surface area (Å²) in [7, 11) is -3.61. The molecular weight excluding hydrogens is 400 g/mol. The van der Waals surface area contributed by atoms with Crippen LogP contribution in [0.1, 0.15) is 22.8 Å². The number of amides is 1. The van der Waals surface area contributed by atoms with Crippen LogP contribution in [0.3, 0.4) is 0 Å². The number of anilines is 1. The topological polar surface area (TPSA) is 82.6 Å². The summed E-state index contributed by atoms with van der Waals surface area (Å²) in [6.07, 6.45) is 1.61. The van der Waals surface area contributed by atoms with Gasteiger partial charge in [-0.05, 0) is 36.8 Å². The minimum Gasteiger partial charge on any atom is -0.353 e. The predicted molar refractivity (Wildman–Crippen MR) is 109 cm³/mol. The van der Waals surface area contributed by atoms with E-state index in [2.05, 4.69) is 14.6 Å². The smallest absolute Gasteiger partial charge is 0.254 e. The third kappa shape index (κ3) is 4.45. The highest BCUT2D eigenvalue weighted by Crippen LogP contribution is 2.20. The Morgan fingerprint density at radius 2 is 1.89 bits per heavy atom. The lowest BCUT2D eigenvalue weighted by Crippen LogP contribution is -2.49. The first kappa shape index (κ1) is 20.6. The summed E-state index contributed by atoms with van der Waals surface area (Å²) in [5.41, 5.74) is 1.17. The number of hydrogen-bond donors (Lipinski definition) is 1. The number of carbonyl (C=O) groups is 1. The number of halogens is 1. The molecule has 1 N–H and O–H groups in total. The Morgan fingerprint density at radius 3 is 2.50 bits per heavy atom. The number of piperazine rings is 1. The van der Waals surface area contributed by atoms with Crippen molar-refractivity contribution in [2.45, 2.75) is 18.7 Å². The normalized spacial score (nSPS) is 15.0. The predicted octanol–water partition coefficient (Wildman–Crippen LogP) is 2.30. The van der Waals surface area contributed by atoms with E-state index in [0.29, 0.717) is 43.3 Å². The Bertz CT molecular complexity index is 956. The van der Waals surface area contributed by atoms with E-state index in [-0.39, 0.29) is 10.8 Å². The van der Waals surface area contributed by atoms with Gasteiger partial charge in [-0.1, -0.05) is 24.6 Å². The quantitative estimate of drug-likeness (QED) is 0.799. The van der Waals surface area contributed by atoms with E-state index in [1.54, 1.807) is 30.2 Å². The number of nitrogens with zero attached hydrogens (tertiary/aromatic N) is 3. The van der Waals surface area contributed by atoms with Crippen molar-refractivity contribution in [3.05, 3.63) is 52.7 Å². The minimum atomic E-state index is -3.61. The summed E-state index contributed by atoms with van der Waals surface area (Å²) in [6, 6.07) is 8.31. The van der Waals surface area contributed by atoms with Crippen LogP contribution in [-0.2, 0) is 10.0 Å². The molecule has 2 heterocycles. The van der Waals surface area contributed by atoms with Crippen LogP contribution in [0.2, 0.25) is 5.02 Å². The van der Waals surface area contributed by atoms with Crippen molar-refractivity contribution in [2.75, 3.05) is 37.6 Å². The van der Waals surface area contributed by atoms with E-state index < -0.39 is 10.0 Å². The summed E-state index contributed by atoms with van der Waals surface area (Å²) >= 11 is 5.88. The van der Waals surface area contributed by atoms with E-state index in [0.717, 1.165) is 11.4 Å². The molecule has 3 rings (SSSR count). The van der Waals surface area contributed by atoms with Gasteiger partial charge in [0, 0.05) is 44.5 Å². The SMILES string of the molecule is CCNS(=O)(=O)c1ccc(C)c(C(=O)N2CCN(c3ccc(Cl)cn3)CC2)c1. The molecule has 28 heavy (non-hydrogen) atoms. The van der Waals surface area contributed by atoms with E-state index in [1.807, 2.05) is 13.0 Å². The highest BCUT2D eigenvalue weighted by molar-refractivity contribution is 7.89. The summed E-state index contributed by atoms with van der Waals surface area (Å²) in [4.78, 5) is 21.3. The van der Waals surface area contributed by atoms with Crippen molar-refractivity contribution in [3.8, 4) is 0 Å². The number of carbonyl (C=O) groups excluding carboxylic acids is 1. The lowest BCUT2D eigenvalue weighted by molar-refractivity contribution is 0.0745. The Kier molecular flexibility index (Phi) is 6.22. The van der Waals surface area contributed by atoms with Gasteiger partial charge in [0.2, 0.25) is 10.0 Å². The molecule has 0 radical (unpaired) electrons. The number of aromatic nitrogens is 1. The van der Waals surface area contributed by atoms with Crippen LogP contribution in [-0.4, -0.2) is 56.9 Å². The van der Waals surface area contributed by atoms with Crippen molar-refractivity contribution < 1.29 is 13.2 Å². The fourth-order valence-corrected chi connectivity index (χ4v) is 4.31. The second-order valence-corrected chi connectivity index (χ2v) is 8.80. The molecule has 7 nitrogen and oxygen atoms in total. The van der Waals surface area contributed by atoms with Crippen LogP contribution in [0, 0.1) is 6.92 Å². The van der Waals surface area contributed by atoms with Crippen LogP contribution < -0.4 is 9.62 Å². The Labute approximate surface area is 170 Å². The lowest BCUT2D eigenvalue weighted by atomic mass is 10.1. The number of rotatable bonds is 5. The average molecular weight is 423 g/mol. The van der Waals surface area contributed by atoms with Crippen LogP contribution >= 0.6 is 11.6 Å². The fourth-order valence-electron chi connectivity index (χ4n) is 3.14. The summed E-state index contributed by atoms with van der Waals surface area (Å²) in [5.74, 6) is 0.668. The summed E-state index contributed by atoms with van der Waals surface area (Å²) in [6.45, 7) is 6.18. The van der Waals surface area contributed by atoms with E-state index in [4.69, 9.17) is 11.6 Å². The maximum Gasteiger partial charge on any atom is 0.254 e. The highest BCUT2D eigenvalue weighted by atomic mass is 35.5. The van der Waals surface area contributed by atoms with Crippen molar-refractivity contribution >= 4 is 33.3 Å². The molecule has 0 aliphatic carbocycles. The monoisotopic (exact) mass is 422 g/mol. The first-order valence-corrected chi connectivity index (χ1v) is 10.9. The van der Waals surface area contributed by atoms with Crippen molar-refractivity contribution in [2.24, 2.45) is 0 Å². The minimum absolute atomic E-state index is 0.104. The molecule has 150 valence electrons. The zero-order valence-corrected chi connectivity index (χ0v) is 17.4. The number of sulfonamides is 1. The Balaban J connectivity index is 1.74. The highest BCUT2D eigenvalue weighted by Gasteiger charge is 2.25. The number of benzene rings is 1. The van der Waals surface area contributed by atoms with Gasteiger partial charge in [0.05, 0.1) is 9.92 Å². The molecule has 1 aliphatic rings. The molecule has 1 saturated heterocycles. The molecular formula is C19H23ClN4O3S. The van der Waals surface area contributed by atoms with Gasteiger partial charge in [-0.25, -0.2) is 18.1 Å². The summed E-state index contributed by atoms with van der Waals surface area (Å²) in [5, 5.41) is 0.584. The maximum atomic E-state index is 13.0. The van der Waals surface area contributed by atoms with E-state index in [9.17, 15) is 13.2 Å². The lowest BCUT2D eigenvalue weighted by Gasteiger charge is -2.35. The van der Waals surface area contributed by atoms with E-state index >= 15 is 0 Å². The largest absolute Gasteiger partial charge is 0.353 e. The zero-order chi connectivity index (χ0) is 20.3. The maximum absolute atomic E-state index is 13.0. The first-order chi connectivity index (χ1) is 13.3. The molecule has 1 aliphatic heterocycles. The Hall–Kier alpha value is -2.16. The van der Waals surface area contributed by atoms with Crippen molar-refractivity contribution in [1.82, 2.24) is 14.6 Å². The molecule has 1 aromatic heterocycles. The third-order valence-electron chi connectivity index (χ3n) is 4.69. The third-order valence-corrected chi connectivity index (χ3v) is 6.45. The molecule has 2 aromatic rings. The van der Waals surface area contributed by atoms with Gasteiger partial charge in [0.25, 0.3) is 5.91 Å². The number of hydrogen-bond acceptors (Lipinski definition) is 5. The van der Waals surface area contributed by atoms with Crippen LogP contribution in [0.15, 0.2) is 41.4 Å². The van der Waals surface area contributed by atoms with Crippen molar-refractivity contribution in [3.63, 3.8) is 0 Å². The number of pyridine rings is 1. The molecule has 0 spiro atoms. The molecule has 1 amide bonds. The second kappa shape index (κ2) is 8.46. The average Bonchev–Trinajstić information content (AvgIpc) is 2.68. The first-order valence-electron chi connectivity index (χ1n) is 9.08. The van der Waals surface area contributed by atoms with Crippen molar-refractivity contribution in [1.29, 1.82) is 0 Å².